The highest BCUT2D eigenvalue weighted by atomic mass is 79.9. The molecule has 1 nitrogen and oxygen atoms in total. The Morgan fingerprint density at radius 2 is 2.40 bits per heavy atom. The van der Waals surface area contributed by atoms with Crippen molar-refractivity contribution in [2.45, 2.75) is 6.42 Å². The minimum Gasteiger partial charge on any atom is -0.206 e. The highest BCUT2D eigenvalue weighted by molar-refractivity contribution is 9.12. The SMILES string of the molecule is N#CC1=C(Br)C(F)=CC[CH]1. The Balaban J connectivity index is 2.99. The van der Waals surface area contributed by atoms with Crippen molar-refractivity contribution in [1.82, 2.24) is 0 Å². The van der Waals surface area contributed by atoms with Gasteiger partial charge in [-0.15, -0.1) is 0 Å². The topological polar surface area (TPSA) is 23.8 Å². The fourth-order valence-electron chi connectivity index (χ4n) is 0.683. The third kappa shape index (κ3) is 1.27. The minimum atomic E-state index is -0.348. The van der Waals surface area contributed by atoms with E-state index in [1.807, 2.05) is 6.07 Å². The van der Waals surface area contributed by atoms with Crippen LogP contribution in [0.1, 0.15) is 6.42 Å². The zero-order chi connectivity index (χ0) is 7.56. The van der Waals surface area contributed by atoms with Gasteiger partial charge in [0.2, 0.25) is 0 Å². The van der Waals surface area contributed by atoms with Crippen LogP contribution in [0.25, 0.3) is 0 Å². The molecule has 0 saturated heterocycles. The van der Waals surface area contributed by atoms with Crippen molar-refractivity contribution in [3.05, 3.63) is 28.4 Å². The minimum absolute atomic E-state index is 0.265. The lowest BCUT2D eigenvalue weighted by Crippen LogP contribution is -1.91. The highest BCUT2D eigenvalue weighted by Gasteiger charge is 2.12. The first-order valence-corrected chi connectivity index (χ1v) is 3.54. The van der Waals surface area contributed by atoms with Gasteiger partial charge in [0.15, 0.2) is 0 Å². The molecule has 0 aromatic carbocycles. The first-order chi connectivity index (χ1) is 4.75. The second-order valence-electron chi connectivity index (χ2n) is 1.83. The molecule has 0 aromatic heterocycles. The van der Waals surface area contributed by atoms with E-state index in [-0.39, 0.29) is 10.3 Å². The van der Waals surface area contributed by atoms with E-state index in [2.05, 4.69) is 15.9 Å². The van der Waals surface area contributed by atoms with E-state index in [9.17, 15) is 4.39 Å². The smallest absolute Gasteiger partial charge is 0.134 e. The monoisotopic (exact) mass is 200 g/mol. The predicted molar refractivity (Wildman–Crippen MR) is 39.7 cm³/mol. The standard InChI is InChI=1S/C7H4BrFN/c8-7-5(4-10)2-1-3-6(7)9/h2-3H,1H2. The van der Waals surface area contributed by atoms with E-state index in [4.69, 9.17) is 5.26 Å². The van der Waals surface area contributed by atoms with E-state index in [0.29, 0.717) is 12.0 Å². The summed E-state index contributed by atoms with van der Waals surface area (Å²) in [7, 11) is 0. The maximum absolute atomic E-state index is 12.6. The van der Waals surface area contributed by atoms with Crippen LogP contribution in [-0.2, 0) is 0 Å². The molecule has 51 valence electrons. The summed E-state index contributed by atoms with van der Waals surface area (Å²) >= 11 is 2.96. The first kappa shape index (κ1) is 7.49. The first-order valence-electron chi connectivity index (χ1n) is 2.75. The summed E-state index contributed by atoms with van der Waals surface area (Å²) in [5.41, 5.74) is 0.375. The Kier molecular flexibility index (Phi) is 2.23. The summed E-state index contributed by atoms with van der Waals surface area (Å²) in [6, 6.07) is 1.88. The molecule has 0 aliphatic heterocycles. The fourth-order valence-corrected chi connectivity index (χ4v) is 1.10. The molecule has 0 saturated carbocycles. The summed E-state index contributed by atoms with van der Waals surface area (Å²) in [6.07, 6.45) is 3.60. The Morgan fingerprint density at radius 3 is 2.90 bits per heavy atom. The molecule has 0 aromatic rings. The number of hydrogen-bond acceptors (Lipinski definition) is 1. The maximum atomic E-state index is 12.6. The quantitative estimate of drug-likeness (QED) is 0.590. The number of allylic oxidation sites excluding steroid dienone is 4. The highest BCUT2D eigenvalue weighted by Crippen LogP contribution is 2.29. The number of nitrogens with zero attached hydrogens (tertiary/aromatic N) is 1. The Labute approximate surface area is 67.0 Å². The van der Waals surface area contributed by atoms with Gasteiger partial charge in [0.25, 0.3) is 0 Å². The summed E-state index contributed by atoms with van der Waals surface area (Å²) in [4.78, 5) is 0. The van der Waals surface area contributed by atoms with Crippen LogP contribution in [0, 0.1) is 17.8 Å². The van der Waals surface area contributed by atoms with Crippen LogP contribution < -0.4 is 0 Å². The summed E-state index contributed by atoms with van der Waals surface area (Å²) < 4.78 is 12.9. The van der Waals surface area contributed by atoms with Crippen LogP contribution in [-0.4, -0.2) is 0 Å². The molecule has 3 heteroatoms. The predicted octanol–water partition coefficient (Wildman–Crippen LogP) is 2.62. The third-order valence-corrected chi connectivity index (χ3v) is 1.99. The number of halogens is 2. The molecule has 0 unspecified atom stereocenters. The largest absolute Gasteiger partial charge is 0.206 e. The van der Waals surface area contributed by atoms with Gasteiger partial charge in [-0.3, -0.25) is 0 Å². The van der Waals surface area contributed by atoms with Crippen LogP contribution in [0.15, 0.2) is 22.0 Å². The molecule has 0 bridgehead atoms. The molecule has 1 aliphatic rings. The van der Waals surface area contributed by atoms with Gasteiger partial charge in [0, 0.05) is 6.42 Å². The molecular weight excluding hydrogens is 197 g/mol. The Hall–Kier alpha value is -0.620. The lowest BCUT2D eigenvalue weighted by atomic mass is 10.1. The number of hydrogen-bond donors (Lipinski definition) is 0. The molecule has 1 rings (SSSR count). The van der Waals surface area contributed by atoms with Crippen molar-refractivity contribution in [2.24, 2.45) is 0 Å². The maximum Gasteiger partial charge on any atom is 0.134 e. The van der Waals surface area contributed by atoms with Gasteiger partial charge in [-0.25, -0.2) is 4.39 Å². The van der Waals surface area contributed by atoms with Gasteiger partial charge in [-0.05, 0) is 28.4 Å². The number of rotatable bonds is 0. The van der Waals surface area contributed by atoms with Gasteiger partial charge in [0.05, 0.1) is 16.1 Å². The van der Waals surface area contributed by atoms with Crippen LogP contribution >= 0.6 is 15.9 Å². The molecule has 1 radical (unpaired) electrons. The second kappa shape index (κ2) is 2.98. The Morgan fingerprint density at radius 1 is 1.70 bits per heavy atom. The molecule has 10 heavy (non-hydrogen) atoms. The summed E-state index contributed by atoms with van der Waals surface area (Å²) in [5, 5.41) is 8.42. The zero-order valence-electron chi connectivity index (χ0n) is 5.06. The number of nitriles is 1. The van der Waals surface area contributed by atoms with Crippen molar-refractivity contribution in [3.8, 4) is 6.07 Å². The van der Waals surface area contributed by atoms with Crippen molar-refractivity contribution in [1.29, 1.82) is 5.26 Å². The zero-order valence-corrected chi connectivity index (χ0v) is 6.65. The lowest BCUT2D eigenvalue weighted by Gasteiger charge is -2.05. The summed E-state index contributed by atoms with van der Waals surface area (Å²) in [6.45, 7) is 0. The molecule has 0 heterocycles. The average Bonchev–Trinajstić information content (AvgIpc) is 1.95. The van der Waals surface area contributed by atoms with E-state index in [0.717, 1.165) is 0 Å². The molecule has 1 aliphatic carbocycles. The average molecular weight is 201 g/mol. The van der Waals surface area contributed by atoms with Gasteiger partial charge < -0.3 is 0 Å². The van der Waals surface area contributed by atoms with Gasteiger partial charge >= 0.3 is 0 Å². The Bertz CT molecular complexity index is 247. The second-order valence-corrected chi connectivity index (χ2v) is 2.62. The van der Waals surface area contributed by atoms with Crippen LogP contribution in [0.5, 0.6) is 0 Å². The van der Waals surface area contributed by atoms with Gasteiger partial charge in [-0.2, -0.15) is 5.26 Å². The van der Waals surface area contributed by atoms with Crippen LogP contribution in [0.2, 0.25) is 0 Å². The van der Waals surface area contributed by atoms with Crippen molar-refractivity contribution < 1.29 is 4.39 Å². The molecule has 0 amide bonds. The van der Waals surface area contributed by atoms with Gasteiger partial charge in [0.1, 0.15) is 5.83 Å². The fraction of sp³-hybridized carbons (Fsp3) is 0.143. The molecule has 0 spiro atoms. The van der Waals surface area contributed by atoms with E-state index < -0.39 is 0 Å². The molecule has 0 fully saturated rings. The lowest BCUT2D eigenvalue weighted by molar-refractivity contribution is 0.654. The van der Waals surface area contributed by atoms with Crippen molar-refractivity contribution >= 4 is 15.9 Å². The normalized spacial score (nSPS) is 18.3. The summed E-state index contributed by atoms with van der Waals surface area (Å²) in [5.74, 6) is -0.348. The van der Waals surface area contributed by atoms with E-state index in [1.165, 1.54) is 6.08 Å². The van der Waals surface area contributed by atoms with Crippen LogP contribution in [0.4, 0.5) is 4.39 Å². The van der Waals surface area contributed by atoms with E-state index >= 15 is 0 Å². The molecule has 0 N–H and O–H groups in total. The van der Waals surface area contributed by atoms with Crippen LogP contribution in [0.3, 0.4) is 0 Å². The third-order valence-electron chi connectivity index (χ3n) is 1.19. The molecular formula is C7H4BrFN. The van der Waals surface area contributed by atoms with E-state index in [1.54, 1.807) is 6.42 Å². The van der Waals surface area contributed by atoms with Gasteiger partial charge in [-0.1, -0.05) is 0 Å². The molecule has 0 atom stereocenters. The van der Waals surface area contributed by atoms with Crippen molar-refractivity contribution in [3.63, 3.8) is 0 Å². The van der Waals surface area contributed by atoms with Crippen molar-refractivity contribution in [2.75, 3.05) is 0 Å².